The van der Waals surface area contributed by atoms with Crippen LogP contribution in [-0.2, 0) is 9.59 Å². The van der Waals surface area contributed by atoms with Crippen LogP contribution in [0.3, 0.4) is 0 Å². The van der Waals surface area contributed by atoms with Gasteiger partial charge in [-0.05, 0) is 0 Å². The average Bonchev–Trinajstić information content (AvgIpc) is 1.59. The Morgan fingerprint density at radius 1 is 1.33 bits per heavy atom. The summed E-state index contributed by atoms with van der Waals surface area (Å²) in [7, 11) is 0. The third-order valence-corrected chi connectivity index (χ3v) is 1.17. The predicted molar refractivity (Wildman–Crippen MR) is 33.7 cm³/mol. The third-order valence-electron chi connectivity index (χ3n) is 0.917. The van der Waals surface area contributed by atoms with E-state index in [-0.39, 0.29) is 18.2 Å². The van der Waals surface area contributed by atoms with Gasteiger partial charge in [0, 0.05) is 0 Å². The Labute approximate surface area is 57.4 Å². The molecule has 1 aliphatic rings. The zero-order valence-electron chi connectivity index (χ0n) is 4.55. The van der Waals surface area contributed by atoms with Crippen LogP contribution in [0.1, 0.15) is 6.42 Å². The minimum atomic E-state index is -0.515. The van der Waals surface area contributed by atoms with Gasteiger partial charge in [-0.25, -0.2) is 0 Å². The number of hydrogen-bond donors (Lipinski definition) is 3. The van der Waals surface area contributed by atoms with Crippen molar-refractivity contribution in [3.8, 4) is 0 Å². The molecule has 0 aromatic heterocycles. The SMILES string of the molecule is O=C1CC(=O)NC(S)N1. The number of thiol groups is 1. The van der Waals surface area contributed by atoms with E-state index in [0.717, 1.165) is 0 Å². The maximum absolute atomic E-state index is 10.5. The number of nitrogens with one attached hydrogen (secondary N) is 2. The minimum absolute atomic E-state index is 0.0863. The summed E-state index contributed by atoms with van der Waals surface area (Å²) in [6, 6.07) is 0. The van der Waals surface area contributed by atoms with Crippen molar-refractivity contribution in [2.24, 2.45) is 0 Å². The molecule has 0 spiro atoms. The van der Waals surface area contributed by atoms with Crippen LogP contribution in [0.4, 0.5) is 0 Å². The first-order chi connectivity index (χ1) is 4.18. The maximum Gasteiger partial charge on any atom is 0.231 e. The Morgan fingerprint density at radius 3 is 2.11 bits per heavy atom. The Balaban J connectivity index is 2.53. The van der Waals surface area contributed by atoms with E-state index in [1.165, 1.54) is 0 Å². The molecule has 0 radical (unpaired) electrons. The van der Waals surface area contributed by atoms with E-state index in [9.17, 15) is 9.59 Å². The average molecular weight is 146 g/mol. The topological polar surface area (TPSA) is 58.2 Å². The summed E-state index contributed by atoms with van der Waals surface area (Å²) in [6.07, 6.45) is -0.0863. The summed E-state index contributed by atoms with van der Waals surface area (Å²) in [4.78, 5) is 20.9. The molecule has 1 rings (SSSR count). The number of rotatable bonds is 0. The standard InChI is InChI=1S/C4H6N2O2S/c7-2-1-3(8)6-4(9)5-2/h4,9H,1H2,(H,5,7)(H,6,8). The Kier molecular flexibility index (Phi) is 1.61. The number of carbonyl (C=O) groups is 2. The molecule has 50 valence electrons. The van der Waals surface area contributed by atoms with Gasteiger partial charge in [0.25, 0.3) is 0 Å². The van der Waals surface area contributed by atoms with E-state index < -0.39 is 5.50 Å². The highest BCUT2D eigenvalue weighted by atomic mass is 32.1. The molecule has 2 N–H and O–H groups in total. The Bertz CT molecular complexity index is 143. The van der Waals surface area contributed by atoms with E-state index in [4.69, 9.17) is 0 Å². The fourth-order valence-electron chi connectivity index (χ4n) is 0.589. The maximum atomic E-state index is 10.5. The molecule has 1 fully saturated rings. The molecule has 2 amide bonds. The van der Waals surface area contributed by atoms with Gasteiger partial charge < -0.3 is 10.6 Å². The summed E-state index contributed by atoms with van der Waals surface area (Å²) in [5, 5.41) is 4.81. The van der Waals surface area contributed by atoms with Gasteiger partial charge in [-0.3, -0.25) is 9.59 Å². The van der Waals surface area contributed by atoms with Crippen molar-refractivity contribution in [3.63, 3.8) is 0 Å². The van der Waals surface area contributed by atoms with Crippen LogP contribution < -0.4 is 10.6 Å². The van der Waals surface area contributed by atoms with Crippen molar-refractivity contribution in [1.29, 1.82) is 0 Å². The van der Waals surface area contributed by atoms with E-state index in [1.807, 2.05) is 0 Å². The smallest absolute Gasteiger partial charge is 0.231 e. The summed E-state index contributed by atoms with van der Waals surface area (Å²) in [6.45, 7) is 0. The van der Waals surface area contributed by atoms with Crippen molar-refractivity contribution in [2.75, 3.05) is 0 Å². The lowest BCUT2D eigenvalue weighted by molar-refractivity contribution is -0.132. The van der Waals surface area contributed by atoms with Gasteiger partial charge in [-0.1, -0.05) is 0 Å². The van der Waals surface area contributed by atoms with Crippen LogP contribution in [-0.4, -0.2) is 17.3 Å². The molecule has 0 aliphatic carbocycles. The molecule has 5 heteroatoms. The van der Waals surface area contributed by atoms with Crippen LogP contribution in [0.2, 0.25) is 0 Å². The van der Waals surface area contributed by atoms with E-state index in [2.05, 4.69) is 23.3 Å². The van der Waals surface area contributed by atoms with Gasteiger partial charge in [-0.2, -0.15) is 0 Å². The first-order valence-electron chi connectivity index (χ1n) is 2.45. The first-order valence-corrected chi connectivity index (χ1v) is 2.97. The molecule has 0 unspecified atom stereocenters. The van der Waals surface area contributed by atoms with Crippen molar-refractivity contribution in [1.82, 2.24) is 10.6 Å². The number of hydrogen-bond acceptors (Lipinski definition) is 3. The van der Waals surface area contributed by atoms with Crippen molar-refractivity contribution in [3.05, 3.63) is 0 Å². The number of amides is 2. The van der Waals surface area contributed by atoms with E-state index >= 15 is 0 Å². The molecule has 0 aromatic rings. The molecular formula is C4H6N2O2S. The quantitative estimate of drug-likeness (QED) is 0.298. The summed E-state index contributed by atoms with van der Waals surface area (Å²) in [5.41, 5.74) is -0.515. The van der Waals surface area contributed by atoms with Gasteiger partial charge in [0.2, 0.25) is 11.8 Å². The fourth-order valence-corrected chi connectivity index (χ4v) is 0.877. The highest BCUT2D eigenvalue weighted by Gasteiger charge is 2.19. The monoisotopic (exact) mass is 146 g/mol. The molecular weight excluding hydrogens is 140 g/mol. The lowest BCUT2D eigenvalue weighted by Crippen LogP contribution is -2.51. The second-order valence-corrected chi connectivity index (χ2v) is 2.23. The molecule has 0 bridgehead atoms. The largest absolute Gasteiger partial charge is 0.327 e. The number of carbonyl (C=O) groups excluding carboxylic acids is 2. The van der Waals surface area contributed by atoms with Crippen molar-refractivity contribution >= 4 is 24.4 Å². The zero-order valence-corrected chi connectivity index (χ0v) is 5.44. The molecule has 0 atom stereocenters. The van der Waals surface area contributed by atoms with E-state index in [0.29, 0.717) is 0 Å². The molecule has 9 heavy (non-hydrogen) atoms. The lowest BCUT2D eigenvalue weighted by Gasteiger charge is -2.19. The summed E-state index contributed by atoms with van der Waals surface area (Å²) in [5.74, 6) is -0.558. The van der Waals surface area contributed by atoms with Gasteiger partial charge in [0.05, 0.1) is 0 Å². The van der Waals surface area contributed by atoms with Gasteiger partial charge in [0.1, 0.15) is 11.9 Å². The lowest BCUT2D eigenvalue weighted by atomic mass is 10.3. The normalized spacial score (nSPS) is 21.0. The second kappa shape index (κ2) is 2.26. The fraction of sp³-hybridized carbons (Fsp3) is 0.500. The highest BCUT2D eigenvalue weighted by molar-refractivity contribution is 7.80. The van der Waals surface area contributed by atoms with Gasteiger partial charge >= 0.3 is 0 Å². The molecule has 1 heterocycles. The summed E-state index contributed by atoms with van der Waals surface area (Å²) < 4.78 is 0. The molecule has 4 nitrogen and oxygen atoms in total. The van der Waals surface area contributed by atoms with Crippen molar-refractivity contribution < 1.29 is 9.59 Å². The molecule has 0 aromatic carbocycles. The zero-order chi connectivity index (χ0) is 6.85. The van der Waals surface area contributed by atoms with Crippen LogP contribution in [0.5, 0.6) is 0 Å². The molecule has 1 aliphatic heterocycles. The van der Waals surface area contributed by atoms with E-state index in [1.54, 1.807) is 0 Å². The Hall–Kier alpha value is -0.710. The second-order valence-electron chi connectivity index (χ2n) is 1.71. The molecule has 0 saturated carbocycles. The minimum Gasteiger partial charge on any atom is -0.327 e. The highest BCUT2D eigenvalue weighted by Crippen LogP contribution is 1.94. The van der Waals surface area contributed by atoms with Crippen LogP contribution in [0, 0.1) is 0 Å². The van der Waals surface area contributed by atoms with Crippen LogP contribution >= 0.6 is 12.6 Å². The van der Waals surface area contributed by atoms with Gasteiger partial charge in [-0.15, -0.1) is 12.6 Å². The first kappa shape index (κ1) is 6.41. The Morgan fingerprint density at radius 2 is 1.78 bits per heavy atom. The third kappa shape index (κ3) is 1.60. The summed E-state index contributed by atoms with van der Waals surface area (Å²) >= 11 is 3.82. The van der Waals surface area contributed by atoms with Crippen molar-refractivity contribution in [2.45, 2.75) is 11.9 Å². The van der Waals surface area contributed by atoms with Gasteiger partial charge in [0.15, 0.2) is 0 Å². The van der Waals surface area contributed by atoms with Crippen LogP contribution in [0.25, 0.3) is 0 Å². The molecule has 1 saturated heterocycles. The predicted octanol–water partition coefficient (Wildman–Crippen LogP) is -1.16. The van der Waals surface area contributed by atoms with Crippen LogP contribution in [0.15, 0.2) is 0 Å².